The van der Waals surface area contributed by atoms with Gasteiger partial charge in [-0.2, -0.15) is 0 Å². The molecule has 2 amide bonds. The summed E-state index contributed by atoms with van der Waals surface area (Å²) in [5.74, 6) is 1.45. The van der Waals surface area contributed by atoms with Crippen LogP contribution in [0.1, 0.15) is 44.1 Å². The molecule has 2 aliphatic heterocycles. The molecule has 0 bridgehead atoms. The van der Waals surface area contributed by atoms with Gasteiger partial charge >= 0.3 is 0 Å². The first-order chi connectivity index (χ1) is 12.6. The van der Waals surface area contributed by atoms with E-state index in [1.54, 1.807) is 4.90 Å². The molecule has 2 fully saturated rings. The highest BCUT2D eigenvalue weighted by atomic mass is 16.5. The topological polar surface area (TPSA) is 49.9 Å². The number of rotatable bonds is 5. The van der Waals surface area contributed by atoms with E-state index in [0.29, 0.717) is 18.9 Å². The van der Waals surface area contributed by atoms with E-state index in [1.165, 1.54) is 5.56 Å². The number of aryl methyl sites for hydroxylation is 1. The zero-order valence-electron chi connectivity index (χ0n) is 15.8. The zero-order chi connectivity index (χ0) is 18.4. The monoisotopic (exact) mass is 358 g/mol. The molecule has 2 aliphatic rings. The van der Waals surface area contributed by atoms with E-state index < -0.39 is 0 Å². The molecule has 1 aromatic carbocycles. The third-order valence-electron chi connectivity index (χ3n) is 5.38. The molecular weight excluding hydrogens is 328 g/mol. The summed E-state index contributed by atoms with van der Waals surface area (Å²) in [6, 6.07) is 8.08. The van der Waals surface area contributed by atoms with Crippen molar-refractivity contribution in [2.24, 2.45) is 5.92 Å². The van der Waals surface area contributed by atoms with Crippen LogP contribution in [0.4, 0.5) is 0 Å². The molecule has 2 heterocycles. The normalized spacial score (nSPS) is 21.4. The third-order valence-corrected chi connectivity index (χ3v) is 5.38. The highest BCUT2D eigenvalue weighted by Crippen LogP contribution is 2.20. The third kappa shape index (κ3) is 5.23. The molecule has 0 aliphatic carbocycles. The highest BCUT2D eigenvalue weighted by Gasteiger charge is 2.27. The summed E-state index contributed by atoms with van der Waals surface area (Å²) in [6.45, 7) is 5.18. The SMILES string of the molecule is Cc1ccc(OC[C@@H]2CCCN(C(=O)CN3CCCCCC3=O)C2)cc1. The lowest BCUT2D eigenvalue weighted by atomic mass is 9.99. The van der Waals surface area contributed by atoms with Crippen LogP contribution in [-0.4, -0.2) is 54.4 Å². The Labute approximate surface area is 156 Å². The molecule has 142 valence electrons. The summed E-state index contributed by atoms with van der Waals surface area (Å²) in [5.41, 5.74) is 1.22. The second kappa shape index (κ2) is 9.06. The van der Waals surface area contributed by atoms with Crippen molar-refractivity contribution in [1.29, 1.82) is 0 Å². The van der Waals surface area contributed by atoms with Gasteiger partial charge in [0.25, 0.3) is 0 Å². The second-order valence-corrected chi connectivity index (χ2v) is 7.60. The number of hydrogen-bond donors (Lipinski definition) is 0. The number of ether oxygens (including phenoxy) is 1. The van der Waals surface area contributed by atoms with Crippen molar-refractivity contribution < 1.29 is 14.3 Å². The van der Waals surface area contributed by atoms with E-state index in [9.17, 15) is 9.59 Å². The Kier molecular flexibility index (Phi) is 6.53. The maximum Gasteiger partial charge on any atom is 0.242 e. The average molecular weight is 358 g/mol. The van der Waals surface area contributed by atoms with Gasteiger partial charge in [-0.05, 0) is 44.7 Å². The van der Waals surface area contributed by atoms with E-state index in [1.807, 2.05) is 29.2 Å². The van der Waals surface area contributed by atoms with Crippen LogP contribution in [0.15, 0.2) is 24.3 Å². The van der Waals surface area contributed by atoms with Crippen molar-refractivity contribution in [2.45, 2.75) is 45.4 Å². The Morgan fingerprint density at radius 3 is 2.73 bits per heavy atom. The van der Waals surface area contributed by atoms with Crippen molar-refractivity contribution >= 4 is 11.8 Å². The van der Waals surface area contributed by atoms with Gasteiger partial charge in [0.15, 0.2) is 0 Å². The molecule has 0 saturated carbocycles. The Hall–Kier alpha value is -2.04. The van der Waals surface area contributed by atoms with Gasteiger partial charge < -0.3 is 14.5 Å². The number of likely N-dealkylation sites (tertiary alicyclic amines) is 2. The first kappa shape index (κ1) is 18.7. The summed E-state index contributed by atoms with van der Waals surface area (Å²) in [7, 11) is 0. The van der Waals surface area contributed by atoms with Crippen LogP contribution in [0.5, 0.6) is 5.75 Å². The number of nitrogens with zero attached hydrogens (tertiary/aromatic N) is 2. The quantitative estimate of drug-likeness (QED) is 0.813. The van der Waals surface area contributed by atoms with Crippen LogP contribution in [0.3, 0.4) is 0 Å². The lowest BCUT2D eigenvalue weighted by Gasteiger charge is -2.34. The van der Waals surface area contributed by atoms with E-state index in [0.717, 1.165) is 57.5 Å². The fourth-order valence-corrected chi connectivity index (χ4v) is 3.75. The van der Waals surface area contributed by atoms with Crippen LogP contribution >= 0.6 is 0 Å². The van der Waals surface area contributed by atoms with Gasteiger partial charge in [-0.1, -0.05) is 24.1 Å². The molecule has 0 unspecified atom stereocenters. The molecule has 0 aromatic heterocycles. The van der Waals surface area contributed by atoms with Crippen molar-refractivity contribution in [1.82, 2.24) is 9.80 Å². The number of piperidine rings is 1. The number of hydrogen-bond acceptors (Lipinski definition) is 3. The van der Waals surface area contributed by atoms with Gasteiger partial charge in [-0.15, -0.1) is 0 Å². The lowest BCUT2D eigenvalue weighted by Crippen LogP contribution is -2.47. The minimum absolute atomic E-state index is 0.0836. The van der Waals surface area contributed by atoms with E-state index in [-0.39, 0.29) is 18.4 Å². The smallest absolute Gasteiger partial charge is 0.242 e. The molecule has 26 heavy (non-hydrogen) atoms. The van der Waals surface area contributed by atoms with Crippen molar-refractivity contribution in [3.05, 3.63) is 29.8 Å². The summed E-state index contributed by atoms with van der Waals surface area (Å²) in [6.07, 6.45) is 5.70. The fraction of sp³-hybridized carbons (Fsp3) is 0.619. The predicted molar refractivity (Wildman–Crippen MR) is 101 cm³/mol. The van der Waals surface area contributed by atoms with E-state index in [4.69, 9.17) is 4.74 Å². The summed E-state index contributed by atoms with van der Waals surface area (Å²) >= 11 is 0. The minimum Gasteiger partial charge on any atom is -0.493 e. The van der Waals surface area contributed by atoms with Crippen LogP contribution in [0.2, 0.25) is 0 Å². The Morgan fingerprint density at radius 1 is 1.12 bits per heavy atom. The molecule has 0 radical (unpaired) electrons. The molecule has 1 aromatic rings. The summed E-state index contributed by atoms with van der Waals surface area (Å²) < 4.78 is 5.91. The van der Waals surface area contributed by atoms with Gasteiger partial charge in [-0.25, -0.2) is 0 Å². The van der Waals surface area contributed by atoms with Crippen LogP contribution in [-0.2, 0) is 9.59 Å². The van der Waals surface area contributed by atoms with Crippen LogP contribution in [0.25, 0.3) is 0 Å². The summed E-state index contributed by atoms with van der Waals surface area (Å²) in [4.78, 5) is 28.5. The Morgan fingerprint density at radius 2 is 1.92 bits per heavy atom. The number of amides is 2. The largest absolute Gasteiger partial charge is 0.493 e. The van der Waals surface area contributed by atoms with Crippen molar-refractivity contribution in [3.63, 3.8) is 0 Å². The van der Waals surface area contributed by atoms with E-state index >= 15 is 0 Å². The molecule has 2 saturated heterocycles. The Balaban J connectivity index is 1.48. The molecule has 5 nitrogen and oxygen atoms in total. The van der Waals surface area contributed by atoms with Crippen molar-refractivity contribution in [3.8, 4) is 5.75 Å². The van der Waals surface area contributed by atoms with Crippen LogP contribution < -0.4 is 4.74 Å². The first-order valence-corrected chi connectivity index (χ1v) is 9.87. The number of benzene rings is 1. The maximum atomic E-state index is 12.7. The second-order valence-electron chi connectivity index (χ2n) is 7.60. The van der Waals surface area contributed by atoms with Gasteiger partial charge in [0, 0.05) is 32.0 Å². The fourth-order valence-electron chi connectivity index (χ4n) is 3.75. The standard InChI is InChI=1S/C21H30N2O3/c1-17-8-10-19(11-9-17)26-16-18-6-5-13-22(14-18)21(25)15-23-12-4-2-3-7-20(23)24/h8-11,18H,2-7,12-16H2,1H3/t18-/m1/s1. The van der Waals surface area contributed by atoms with Crippen molar-refractivity contribution in [2.75, 3.05) is 32.8 Å². The van der Waals surface area contributed by atoms with Gasteiger partial charge in [0.05, 0.1) is 13.2 Å². The Bertz CT molecular complexity index is 614. The lowest BCUT2D eigenvalue weighted by molar-refractivity contribution is -0.141. The van der Waals surface area contributed by atoms with E-state index in [2.05, 4.69) is 6.92 Å². The minimum atomic E-state index is 0.0836. The van der Waals surface area contributed by atoms with Crippen LogP contribution in [0, 0.1) is 12.8 Å². The zero-order valence-corrected chi connectivity index (χ0v) is 15.8. The average Bonchev–Trinajstić information content (AvgIpc) is 2.86. The summed E-state index contributed by atoms with van der Waals surface area (Å²) in [5, 5.41) is 0. The molecule has 5 heteroatoms. The molecule has 0 spiro atoms. The number of carbonyl (C=O) groups is 2. The molecule has 0 N–H and O–H groups in total. The molecule has 3 rings (SSSR count). The number of carbonyl (C=O) groups excluding carboxylic acids is 2. The molecular formula is C21H30N2O3. The van der Waals surface area contributed by atoms with Gasteiger partial charge in [0.1, 0.15) is 5.75 Å². The predicted octanol–water partition coefficient (Wildman–Crippen LogP) is 3.02. The maximum absolute atomic E-state index is 12.7. The van der Waals surface area contributed by atoms with Gasteiger partial charge in [-0.3, -0.25) is 9.59 Å². The van der Waals surface area contributed by atoms with Gasteiger partial charge in [0.2, 0.25) is 11.8 Å². The highest BCUT2D eigenvalue weighted by molar-refractivity contribution is 5.85. The molecule has 1 atom stereocenters. The first-order valence-electron chi connectivity index (χ1n) is 9.87.